The Morgan fingerprint density at radius 2 is 1.40 bits per heavy atom. The molecule has 25 heavy (non-hydrogen) atoms. The van der Waals surface area contributed by atoms with Crippen molar-refractivity contribution in [2.75, 3.05) is 16.9 Å². The maximum Gasteiger partial charge on any atom is 0.319 e. The molecule has 7 heteroatoms. The van der Waals surface area contributed by atoms with E-state index in [1.165, 1.54) is 0 Å². The zero-order valence-corrected chi connectivity index (χ0v) is 15.1. The van der Waals surface area contributed by atoms with Gasteiger partial charge in [0.2, 0.25) is 0 Å². The van der Waals surface area contributed by atoms with Gasteiger partial charge in [0.1, 0.15) is 0 Å². The minimum absolute atomic E-state index is 0.0510. The molecule has 0 saturated carbocycles. The number of benzene rings is 2. The van der Waals surface area contributed by atoms with Crippen LogP contribution in [0.5, 0.6) is 0 Å². The standard InChI is InChI=1S/C18H21N3O3S/c1-12(2)19-18(23)21-15-8-6-14(7-9-15)20-17(22)13-4-10-16(11-5-13)25(3)24/h4-12H,1-3H3,(H,20,22)(H2,19,21,23). The second-order valence-corrected chi connectivity index (χ2v) is 7.14. The molecule has 2 aromatic carbocycles. The summed E-state index contributed by atoms with van der Waals surface area (Å²) in [4.78, 5) is 24.5. The van der Waals surface area contributed by atoms with E-state index in [4.69, 9.17) is 0 Å². The van der Waals surface area contributed by atoms with E-state index >= 15 is 0 Å². The number of hydrogen-bond donors (Lipinski definition) is 3. The molecule has 2 aromatic rings. The average Bonchev–Trinajstić information content (AvgIpc) is 2.56. The molecule has 3 N–H and O–H groups in total. The predicted molar refractivity (Wildman–Crippen MR) is 100 cm³/mol. The molecule has 0 aliphatic carbocycles. The summed E-state index contributed by atoms with van der Waals surface area (Å²) in [6.07, 6.45) is 1.59. The summed E-state index contributed by atoms with van der Waals surface area (Å²) in [7, 11) is -1.07. The van der Waals surface area contributed by atoms with E-state index in [0.717, 1.165) is 0 Å². The van der Waals surface area contributed by atoms with Crippen LogP contribution in [0.4, 0.5) is 16.2 Å². The van der Waals surface area contributed by atoms with Crippen molar-refractivity contribution < 1.29 is 13.8 Å². The van der Waals surface area contributed by atoms with Gasteiger partial charge in [0.15, 0.2) is 0 Å². The Kier molecular flexibility index (Phi) is 6.30. The third-order valence-corrected chi connectivity index (χ3v) is 4.20. The molecule has 3 amide bonds. The van der Waals surface area contributed by atoms with Gasteiger partial charge in [-0.05, 0) is 62.4 Å². The predicted octanol–water partition coefficient (Wildman–Crippen LogP) is 3.21. The van der Waals surface area contributed by atoms with Gasteiger partial charge in [-0.15, -0.1) is 0 Å². The highest BCUT2D eigenvalue weighted by Gasteiger charge is 2.08. The van der Waals surface area contributed by atoms with Gasteiger partial charge in [0, 0.05) is 44.9 Å². The molecule has 2 rings (SSSR count). The number of hydrogen-bond acceptors (Lipinski definition) is 3. The summed E-state index contributed by atoms with van der Waals surface area (Å²) in [5.74, 6) is -0.258. The number of nitrogens with one attached hydrogen (secondary N) is 3. The first-order chi connectivity index (χ1) is 11.8. The fourth-order valence-electron chi connectivity index (χ4n) is 2.07. The summed E-state index contributed by atoms with van der Waals surface area (Å²) in [5.41, 5.74) is 1.72. The lowest BCUT2D eigenvalue weighted by atomic mass is 10.2. The molecular formula is C18H21N3O3S. The minimum Gasteiger partial charge on any atom is -0.336 e. The lowest BCUT2D eigenvalue weighted by Gasteiger charge is -2.11. The van der Waals surface area contributed by atoms with Gasteiger partial charge >= 0.3 is 6.03 Å². The Morgan fingerprint density at radius 1 is 0.880 bits per heavy atom. The third-order valence-electron chi connectivity index (χ3n) is 3.27. The van der Waals surface area contributed by atoms with Gasteiger partial charge in [-0.1, -0.05) is 0 Å². The van der Waals surface area contributed by atoms with Crippen molar-refractivity contribution in [2.45, 2.75) is 24.8 Å². The molecule has 0 heterocycles. The van der Waals surface area contributed by atoms with Crippen LogP contribution in [0.2, 0.25) is 0 Å². The van der Waals surface area contributed by atoms with Crippen LogP contribution in [0.15, 0.2) is 53.4 Å². The maximum atomic E-state index is 12.2. The topological polar surface area (TPSA) is 87.3 Å². The third kappa shape index (κ3) is 5.72. The molecule has 1 atom stereocenters. The zero-order valence-electron chi connectivity index (χ0n) is 14.3. The van der Waals surface area contributed by atoms with Crippen LogP contribution < -0.4 is 16.0 Å². The molecule has 0 aromatic heterocycles. The van der Waals surface area contributed by atoms with Crippen molar-refractivity contribution in [1.29, 1.82) is 0 Å². The first-order valence-corrected chi connectivity index (χ1v) is 9.33. The van der Waals surface area contributed by atoms with E-state index in [9.17, 15) is 13.8 Å². The lowest BCUT2D eigenvalue weighted by Crippen LogP contribution is -2.34. The normalized spacial score (nSPS) is 11.7. The van der Waals surface area contributed by atoms with E-state index in [2.05, 4.69) is 16.0 Å². The van der Waals surface area contributed by atoms with E-state index in [1.54, 1.807) is 54.8 Å². The number of rotatable bonds is 5. The monoisotopic (exact) mass is 359 g/mol. The Hall–Kier alpha value is -2.67. The number of carbonyl (C=O) groups excluding carboxylic acids is 2. The van der Waals surface area contributed by atoms with Crippen LogP contribution in [0, 0.1) is 0 Å². The van der Waals surface area contributed by atoms with Gasteiger partial charge in [-0.2, -0.15) is 0 Å². The number of amides is 3. The molecule has 6 nitrogen and oxygen atoms in total. The van der Waals surface area contributed by atoms with Crippen molar-refractivity contribution in [3.63, 3.8) is 0 Å². The Bertz CT molecular complexity index is 771. The molecule has 0 radical (unpaired) electrons. The van der Waals surface area contributed by atoms with Crippen LogP contribution in [0.3, 0.4) is 0 Å². The number of anilines is 2. The molecule has 0 bridgehead atoms. The molecule has 0 fully saturated rings. The highest BCUT2D eigenvalue weighted by atomic mass is 32.2. The highest BCUT2D eigenvalue weighted by Crippen LogP contribution is 2.15. The van der Waals surface area contributed by atoms with E-state index < -0.39 is 10.8 Å². The van der Waals surface area contributed by atoms with Crippen LogP contribution in [0.25, 0.3) is 0 Å². The summed E-state index contributed by atoms with van der Waals surface area (Å²) >= 11 is 0. The molecule has 0 saturated heterocycles. The summed E-state index contributed by atoms with van der Waals surface area (Å²) in [6.45, 7) is 3.76. The fourth-order valence-corrected chi connectivity index (χ4v) is 2.59. The summed E-state index contributed by atoms with van der Waals surface area (Å²) < 4.78 is 11.4. The van der Waals surface area contributed by atoms with Gasteiger partial charge in [0.25, 0.3) is 5.91 Å². The Balaban J connectivity index is 1.97. The number of urea groups is 1. The van der Waals surface area contributed by atoms with Crippen molar-refractivity contribution >= 4 is 34.1 Å². The van der Waals surface area contributed by atoms with Gasteiger partial charge in [-0.3, -0.25) is 9.00 Å². The summed E-state index contributed by atoms with van der Waals surface area (Å²) in [6, 6.07) is 13.2. The van der Waals surface area contributed by atoms with Crippen molar-refractivity contribution in [1.82, 2.24) is 5.32 Å². The summed E-state index contributed by atoms with van der Waals surface area (Å²) in [5, 5.41) is 8.22. The van der Waals surface area contributed by atoms with Gasteiger partial charge in [0.05, 0.1) is 0 Å². The highest BCUT2D eigenvalue weighted by molar-refractivity contribution is 7.84. The molecule has 0 aliphatic heterocycles. The van der Waals surface area contributed by atoms with Crippen molar-refractivity contribution in [3.8, 4) is 0 Å². The largest absolute Gasteiger partial charge is 0.336 e. The Morgan fingerprint density at radius 3 is 1.88 bits per heavy atom. The second-order valence-electron chi connectivity index (χ2n) is 5.76. The molecule has 132 valence electrons. The molecule has 0 aliphatic rings. The maximum absolute atomic E-state index is 12.2. The average molecular weight is 359 g/mol. The SMILES string of the molecule is CC(C)NC(=O)Nc1ccc(NC(=O)c2ccc(S(C)=O)cc2)cc1. The van der Waals surface area contributed by atoms with E-state index in [-0.39, 0.29) is 18.0 Å². The van der Waals surface area contributed by atoms with Gasteiger partial charge < -0.3 is 16.0 Å². The fraction of sp³-hybridized carbons (Fsp3) is 0.222. The molecule has 1 unspecified atom stereocenters. The first kappa shape index (κ1) is 18.7. The van der Waals surface area contributed by atoms with E-state index in [0.29, 0.717) is 21.8 Å². The van der Waals surface area contributed by atoms with Gasteiger partial charge in [-0.25, -0.2) is 4.79 Å². The quantitative estimate of drug-likeness (QED) is 0.766. The van der Waals surface area contributed by atoms with E-state index in [1.807, 2.05) is 13.8 Å². The molecule has 0 spiro atoms. The van der Waals surface area contributed by atoms with Crippen LogP contribution in [0.1, 0.15) is 24.2 Å². The number of carbonyl (C=O) groups is 2. The first-order valence-electron chi connectivity index (χ1n) is 7.77. The Labute approximate surface area is 149 Å². The lowest BCUT2D eigenvalue weighted by molar-refractivity contribution is 0.102. The van der Waals surface area contributed by atoms with Crippen molar-refractivity contribution in [3.05, 3.63) is 54.1 Å². The minimum atomic E-state index is -1.07. The van der Waals surface area contributed by atoms with Crippen molar-refractivity contribution in [2.24, 2.45) is 0 Å². The van der Waals surface area contributed by atoms with Crippen LogP contribution in [-0.4, -0.2) is 28.4 Å². The smallest absolute Gasteiger partial charge is 0.319 e. The second kappa shape index (κ2) is 8.43. The zero-order chi connectivity index (χ0) is 18.4. The van der Waals surface area contributed by atoms with Crippen LogP contribution >= 0.6 is 0 Å². The molecular weight excluding hydrogens is 338 g/mol. The van der Waals surface area contributed by atoms with Crippen LogP contribution in [-0.2, 0) is 10.8 Å².